The number of carbonyl (C=O) groups excluding carboxylic acids is 2. The summed E-state index contributed by atoms with van der Waals surface area (Å²) >= 11 is 6.17. The van der Waals surface area contributed by atoms with E-state index in [0.29, 0.717) is 35.5 Å². The van der Waals surface area contributed by atoms with Crippen molar-refractivity contribution in [2.24, 2.45) is 56.7 Å². The highest BCUT2D eigenvalue weighted by Gasteiger charge is 2.72. The van der Waals surface area contributed by atoms with Crippen LogP contribution in [0, 0.1) is 56.7 Å². The fourth-order valence-corrected chi connectivity index (χ4v) is 14.9. The number of benzene rings is 1. The number of aromatic amines is 1. The van der Waals surface area contributed by atoms with E-state index in [2.05, 4.69) is 58.0 Å². The smallest absolute Gasteiger partial charge is 0.302 e. The molecule has 6 nitrogen and oxygen atoms in total. The first kappa shape index (κ1) is 36.4. The van der Waals surface area contributed by atoms with Crippen LogP contribution in [0.5, 0.6) is 0 Å². The number of hydrogen-bond donors (Lipinski definition) is 1. The number of amides is 1. The molecule has 282 valence electrons. The lowest BCUT2D eigenvalue weighted by Gasteiger charge is -2.73. The van der Waals surface area contributed by atoms with Crippen LogP contribution in [0.4, 0.5) is 0 Å². The lowest BCUT2D eigenvalue weighted by Crippen LogP contribution is -2.67. The summed E-state index contributed by atoms with van der Waals surface area (Å²) in [6, 6.07) is 7.84. The zero-order valence-corrected chi connectivity index (χ0v) is 33.6. The average molecular weight is 728 g/mol. The van der Waals surface area contributed by atoms with Crippen LogP contribution in [0.15, 0.2) is 42.6 Å². The summed E-state index contributed by atoms with van der Waals surface area (Å²) in [4.78, 5) is 38.3. The summed E-state index contributed by atoms with van der Waals surface area (Å²) in [7, 11) is 0. The first-order valence-electron chi connectivity index (χ1n) is 20.5. The normalized spacial score (nSPS) is 42.1. The maximum absolute atomic E-state index is 15.4. The first-order chi connectivity index (χ1) is 24.6. The molecule has 1 saturated heterocycles. The van der Waals surface area contributed by atoms with Crippen molar-refractivity contribution >= 4 is 23.5 Å². The summed E-state index contributed by atoms with van der Waals surface area (Å²) in [6.45, 7) is 21.9. The number of nitrogens with zero attached hydrogens (tertiary/aromatic N) is 2. The molecule has 5 aliphatic carbocycles. The van der Waals surface area contributed by atoms with Crippen molar-refractivity contribution in [1.82, 2.24) is 14.9 Å². The molecule has 2 aromatic rings. The number of aromatic nitrogens is 2. The Morgan fingerprint density at radius 3 is 2.35 bits per heavy atom. The van der Waals surface area contributed by atoms with Gasteiger partial charge < -0.3 is 14.6 Å². The number of allylic oxidation sites excluding steroid dienone is 1. The number of fused-ring (bicyclic) bond motifs is 7. The van der Waals surface area contributed by atoms with Gasteiger partial charge >= 0.3 is 5.97 Å². The van der Waals surface area contributed by atoms with E-state index in [1.165, 1.54) is 31.3 Å². The van der Waals surface area contributed by atoms with Gasteiger partial charge in [-0.2, -0.15) is 0 Å². The van der Waals surface area contributed by atoms with E-state index in [-0.39, 0.29) is 45.2 Å². The van der Waals surface area contributed by atoms with Crippen molar-refractivity contribution in [3.05, 3.63) is 53.5 Å². The van der Waals surface area contributed by atoms with Gasteiger partial charge in [-0.1, -0.05) is 70.5 Å². The Morgan fingerprint density at radius 2 is 1.63 bits per heavy atom. The topological polar surface area (TPSA) is 75.3 Å². The number of halogens is 1. The fourth-order valence-electron chi connectivity index (χ4n) is 14.8. The van der Waals surface area contributed by atoms with Gasteiger partial charge in [-0.15, -0.1) is 0 Å². The van der Waals surface area contributed by atoms with Gasteiger partial charge in [0.1, 0.15) is 11.9 Å². The Kier molecular flexibility index (Phi) is 8.72. The Hall–Kier alpha value is -2.60. The maximum atomic E-state index is 15.4. The van der Waals surface area contributed by atoms with Crippen LogP contribution in [0.3, 0.4) is 0 Å². The Morgan fingerprint density at radius 1 is 0.885 bits per heavy atom. The van der Waals surface area contributed by atoms with Gasteiger partial charge in [0.2, 0.25) is 5.91 Å². The van der Waals surface area contributed by atoms with E-state index in [0.717, 1.165) is 80.0 Å². The predicted octanol–water partition coefficient (Wildman–Crippen LogP) is 11.0. The van der Waals surface area contributed by atoms with Crippen molar-refractivity contribution in [2.45, 2.75) is 138 Å². The lowest BCUT2D eigenvalue weighted by atomic mass is 9.32. The van der Waals surface area contributed by atoms with Crippen LogP contribution < -0.4 is 0 Å². The van der Waals surface area contributed by atoms with E-state index in [4.69, 9.17) is 21.3 Å². The number of nitrogens with one attached hydrogen (secondary N) is 1. The summed E-state index contributed by atoms with van der Waals surface area (Å²) in [6.07, 6.45) is 14.9. The molecule has 1 aliphatic heterocycles. The van der Waals surface area contributed by atoms with Gasteiger partial charge in [0.25, 0.3) is 0 Å². The molecule has 1 N–H and O–H groups in total. The maximum Gasteiger partial charge on any atom is 0.302 e. The second-order valence-electron chi connectivity index (χ2n) is 19.6. The van der Waals surface area contributed by atoms with Crippen LogP contribution in [0.2, 0.25) is 5.02 Å². The van der Waals surface area contributed by atoms with Gasteiger partial charge in [-0.3, -0.25) is 9.59 Å². The highest BCUT2D eigenvalue weighted by atomic mass is 35.5. The molecule has 8 rings (SSSR count). The average Bonchev–Trinajstić information content (AvgIpc) is 3.85. The number of rotatable bonds is 5. The number of esters is 1. The van der Waals surface area contributed by atoms with Crippen molar-refractivity contribution in [3.63, 3.8) is 0 Å². The second-order valence-corrected chi connectivity index (χ2v) is 20.1. The molecule has 1 aromatic heterocycles. The molecular formula is C45H62ClN3O3. The molecule has 7 heteroatoms. The van der Waals surface area contributed by atoms with Crippen LogP contribution in [0.1, 0.15) is 137 Å². The monoisotopic (exact) mass is 727 g/mol. The van der Waals surface area contributed by atoms with E-state index in [1.807, 2.05) is 30.5 Å². The molecule has 6 aliphatic rings. The first-order valence-corrected chi connectivity index (χ1v) is 20.9. The number of imidazole rings is 1. The summed E-state index contributed by atoms with van der Waals surface area (Å²) in [5.74, 6) is 3.53. The van der Waals surface area contributed by atoms with Gasteiger partial charge in [0, 0.05) is 23.9 Å². The number of hydrogen-bond acceptors (Lipinski definition) is 4. The zero-order chi connectivity index (χ0) is 37.0. The Bertz CT molecular complexity index is 1750. The Labute approximate surface area is 317 Å². The van der Waals surface area contributed by atoms with E-state index < -0.39 is 0 Å². The van der Waals surface area contributed by atoms with E-state index in [1.54, 1.807) is 6.92 Å². The molecule has 52 heavy (non-hydrogen) atoms. The van der Waals surface area contributed by atoms with Crippen LogP contribution >= 0.6 is 11.6 Å². The standard InChI is InChI=1S/C45H62ClN3O3/c1-27(2)31-17-22-45(40(51)49-25-9-10-34(49)39-47-26-33(48-39)29-11-13-30(46)14-12-29)24-23-43(7)32(38(31)45)15-16-36-42(6)20-19-37(52-28(3)50)41(4,5)35(42)18-21-44(36,43)8/h11-14,26,31-32,34-38H,1,9-10,15-25H2,2-8H3,(H,47,48)/t31-,32+,34?,35-,36+,37-,38+,42-,43+,44+,45-/m0/s1. The number of likely N-dealkylation sites (tertiary alicyclic amines) is 1. The highest BCUT2D eigenvalue weighted by Crippen LogP contribution is 2.78. The molecule has 0 radical (unpaired) electrons. The third-order valence-electron chi connectivity index (χ3n) is 17.3. The molecule has 0 bridgehead atoms. The SMILES string of the molecule is C=C(C)[C@@H]1CC[C@]2(C(=O)N3CCCC3c3ncc(-c4ccc(Cl)cc4)[nH]3)CC[C@]3(C)[C@H](CC[C@@H]4[C@@]5(C)CC[C@H](OC(C)=O)C(C)(C)[C@@H]5CC[C@]43C)[C@@H]12. The minimum atomic E-state index is -0.337. The van der Waals surface area contributed by atoms with Gasteiger partial charge in [-0.05, 0) is 148 Å². The van der Waals surface area contributed by atoms with Crippen LogP contribution in [0.25, 0.3) is 11.3 Å². The fraction of sp³-hybridized carbons (Fsp3) is 0.711. The molecule has 5 saturated carbocycles. The van der Waals surface area contributed by atoms with E-state index >= 15 is 4.79 Å². The second kappa shape index (κ2) is 12.5. The third kappa shape index (κ3) is 5.10. The van der Waals surface area contributed by atoms with Gasteiger partial charge in [-0.25, -0.2) is 4.98 Å². The molecule has 0 spiro atoms. The number of carbonyl (C=O) groups is 2. The minimum absolute atomic E-state index is 0.00454. The highest BCUT2D eigenvalue weighted by molar-refractivity contribution is 6.30. The van der Waals surface area contributed by atoms with Crippen LogP contribution in [-0.2, 0) is 14.3 Å². The van der Waals surface area contributed by atoms with Crippen molar-refractivity contribution < 1.29 is 14.3 Å². The van der Waals surface area contributed by atoms with Gasteiger partial charge in [0.15, 0.2) is 0 Å². The molecular weight excluding hydrogens is 666 g/mol. The largest absolute Gasteiger partial charge is 0.462 e. The van der Waals surface area contributed by atoms with Gasteiger partial charge in [0.05, 0.1) is 23.3 Å². The van der Waals surface area contributed by atoms with Crippen LogP contribution in [-0.4, -0.2) is 39.4 Å². The molecule has 1 aromatic carbocycles. The van der Waals surface area contributed by atoms with E-state index in [9.17, 15) is 4.79 Å². The predicted molar refractivity (Wildman–Crippen MR) is 207 cm³/mol. The molecule has 1 unspecified atom stereocenters. The molecule has 1 amide bonds. The molecule has 6 fully saturated rings. The minimum Gasteiger partial charge on any atom is -0.462 e. The van der Waals surface area contributed by atoms with Crippen molar-refractivity contribution in [1.29, 1.82) is 0 Å². The molecule has 2 heterocycles. The summed E-state index contributed by atoms with van der Waals surface area (Å²) < 4.78 is 5.99. The van der Waals surface area contributed by atoms with Crippen molar-refractivity contribution in [3.8, 4) is 11.3 Å². The van der Waals surface area contributed by atoms with Crippen molar-refractivity contribution in [2.75, 3.05) is 6.54 Å². The Balaban J connectivity index is 1.10. The third-order valence-corrected chi connectivity index (χ3v) is 17.6. The summed E-state index contributed by atoms with van der Waals surface area (Å²) in [5.41, 5.74) is 3.49. The summed E-state index contributed by atoms with van der Waals surface area (Å²) in [5, 5.41) is 0.717. The lowest BCUT2D eigenvalue weighted by molar-refractivity contribution is -0.249. The quantitative estimate of drug-likeness (QED) is 0.246. The number of H-pyrrole nitrogens is 1. The zero-order valence-electron chi connectivity index (χ0n) is 32.8. The number of ether oxygens (including phenoxy) is 1. The molecule has 11 atom stereocenters.